The second-order valence-corrected chi connectivity index (χ2v) is 5.57. The highest BCUT2D eigenvalue weighted by molar-refractivity contribution is 5.79. The van der Waals surface area contributed by atoms with E-state index in [4.69, 9.17) is 0 Å². The maximum Gasteiger partial charge on any atom is 0.253 e. The van der Waals surface area contributed by atoms with Crippen molar-refractivity contribution in [1.29, 1.82) is 0 Å². The fraction of sp³-hybridized carbons (Fsp3) is 0.167. The normalized spacial score (nSPS) is 10.8. The lowest BCUT2D eigenvalue weighted by molar-refractivity contribution is 0.475. The van der Waals surface area contributed by atoms with E-state index in [0.29, 0.717) is 12.1 Å². The Bertz CT molecular complexity index is 897. The van der Waals surface area contributed by atoms with Crippen molar-refractivity contribution < 1.29 is 5.11 Å². The SMILES string of the molecule is Cc1ccc2cc(CNc3ccc(O)cc3C)c(=O)[nH]c2c1. The summed E-state index contributed by atoms with van der Waals surface area (Å²) in [5, 5.41) is 13.7. The molecular weight excluding hydrogens is 276 g/mol. The van der Waals surface area contributed by atoms with Gasteiger partial charge in [0.2, 0.25) is 0 Å². The van der Waals surface area contributed by atoms with E-state index in [0.717, 1.165) is 27.7 Å². The zero-order chi connectivity index (χ0) is 15.7. The number of nitrogens with one attached hydrogen (secondary N) is 2. The molecule has 0 saturated heterocycles. The molecule has 0 bridgehead atoms. The minimum atomic E-state index is -0.0815. The number of aromatic hydroxyl groups is 1. The molecule has 1 heterocycles. The lowest BCUT2D eigenvalue weighted by atomic mass is 10.1. The highest BCUT2D eigenvalue weighted by Crippen LogP contribution is 2.21. The summed E-state index contributed by atoms with van der Waals surface area (Å²) in [6.45, 7) is 4.35. The van der Waals surface area contributed by atoms with Crippen LogP contribution in [0.15, 0.2) is 47.3 Å². The molecule has 2 aromatic carbocycles. The molecule has 0 aliphatic rings. The maximum atomic E-state index is 12.2. The largest absolute Gasteiger partial charge is 0.508 e. The molecule has 0 aliphatic heterocycles. The third-order valence-electron chi connectivity index (χ3n) is 3.76. The Kier molecular flexibility index (Phi) is 3.59. The zero-order valence-corrected chi connectivity index (χ0v) is 12.6. The van der Waals surface area contributed by atoms with Crippen LogP contribution in [-0.4, -0.2) is 10.1 Å². The molecule has 112 valence electrons. The van der Waals surface area contributed by atoms with Crippen LogP contribution in [0.25, 0.3) is 10.9 Å². The number of phenols is 1. The molecule has 0 saturated carbocycles. The molecule has 0 aliphatic carbocycles. The second-order valence-electron chi connectivity index (χ2n) is 5.57. The molecule has 3 N–H and O–H groups in total. The predicted molar refractivity (Wildman–Crippen MR) is 89.5 cm³/mol. The third kappa shape index (κ3) is 2.81. The second kappa shape index (κ2) is 5.56. The summed E-state index contributed by atoms with van der Waals surface area (Å²) in [5.74, 6) is 0.238. The van der Waals surface area contributed by atoms with Gasteiger partial charge in [-0.2, -0.15) is 0 Å². The highest BCUT2D eigenvalue weighted by atomic mass is 16.3. The van der Waals surface area contributed by atoms with E-state index in [-0.39, 0.29) is 11.3 Å². The summed E-state index contributed by atoms with van der Waals surface area (Å²) in [6.07, 6.45) is 0. The number of phenolic OH excluding ortho intramolecular Hbond substituents is 1. The fourth-order valence-electron chi connectivity index (χ4n) is 2.53. The molecular formula is C18H18N2O2. The van der Waals surface area contributed by atoms with Crippen molar-refractivity contribution in [3.05, 3.63) is 69.5 Å². The van der Waals surface area contributed by atoms with Gasteiger partial charge in [0, 0.05) is 23.3 Å². The number of pyridine rings is 1. The van der Waals surface area contributed by atoms with Gasteiger partial charge in [0.05, 0.1) is 0 Å². The number of aromatic amines is 1. The van der Waals surface area contributed by atoms with E-state index in [1.807, 2.05) is 44.2 Å². The number of aryl methyl sites for hydroxylation is 2. The van der Waals surface area contributed by atoms with Crippen molar-refractivity contribution in [2.45, 2.75) is 20.4 Å². The Morgan fingerprint density at radius 3 is 2.68 bits per heavy atom. The van der Waals surface area contributed by atoms with Gasteiger partial charge < -0.3 is 15.4 Å². The lowest BCUT2D eigenvalue weighted by Gasteiger charge is -2.10. The number of hydrogen-bond donors (Lipinski definition) is 3. The minimum absolute atomic E-state index is 0.0815. The fourth-order valence-corrected chi connectivity index (χ4v) is 2.53. The first kappa shape index (κ1) is 14.2. The molecule has 0 atom stereocenters. The molecule has 1 aromatic heterocycles. The Morgan fingerprint density at radius 1 is 1.09 bits per heavy atom. The number of anilines is 1. The molecule has 0 spiro atoms. The average Bonchev–Trinajstić information content (AvgIpc) is 2.46. The standard InChI is InChI=1S/C18H18N2O2/c1-11-3-4-13-9-14(18(22)20-17(13)7-11)10-19-16-6-5-15(21)8-12(16)2/h3-9,19,21H,10H2,1-2H3,(H,20,22). The van der Waals surface area contributed by atoms with Crippen LogP contribution in [-0.2, 0) is 6.54 Å². The van der Waals surface area contributed by atoms with Crippen LogP contribution >= 0.6 is 0 Å². The van der Waals surface area contributed by atoms with Crippen LogP contribution in [0.4, 0.5) is 5.69 Å². The van der Waals surface area contributed by atoms with E-state index in [2.05, 4.69) is 10.3 Å². The molecule has 0 amide bonds. The van der Waals surface area contributed by atoms with Crippen LogP contribution in [0.1, 0.15) is 16.7 Å². The average molecular weight is 294 g/mol. The molecule has 0 unspecified atom stereocenters. The Hall–Kier alpha value is -2.75. The van der Waals surface area contributed by atoms with Gasteiger partial charge in [0.25, 0.3) is 5.56 Å². The van der Waals surface area contributed by atoms with Crippen LogP contribution < -0.4 is 10.9 Å². The van der Waals surface area contributed by atoms with Crippen molar-refractivity contribution in [1.82, 2.24) is 4.98 Å². The Morgan fingerprint density at radius 2 is 1.91 bits per heavy atom. The molecule has 4 heteroatoms. The molecule has 0 fully saturated rings. The van der Waals surface area contributed by atoms with Crippen LogP contribution in [0.5, 0.6) is 5.75 Å². The van der Waals surface area contributed by atoms with Crippen molar-refractivity contribution in [2.75, 3.05) is 5.32 Å². The van der Waals surface area contributed by atoms with Gasteiger partial charge in [0.1, 0.15) is 5.75 Å². The van der Waals surface area contributed by atoms with E-state index in [1.54, 1.807) is 12.1 Å². The summed E-state index contributed by atoms with van der Waals surface area (Å²) < 4.78 is 0. The highest BCUT2D eigenvalue weighted by Gasteiger charge is 2.05. The first-order chi connectivity index (χ1) is 10.5. The van der Waals surface area contributed by atoms with Crippen molar-refractivity contribution >= 4 is 16.6 Å². The summed E-state index contributed by atoms with van der Waals surface area (Å²) in [5.41, 5.74) is 4.42. The van der Waals surface area contributed by atoms with Crippen LogP contribution in [0.2, 0.25) is 0 Å². The summed E-state index contributed by atoms with van der Waals surface area (Å²) in [6, 6.07) is 13.0. The Labute approximate surface area is 128 Å². The summed E-state index contributed by atoms with van der Waals surface area (Å²) >= 11 is 0. The first-order valence-corrected chi connectivity index (χ1v) is 7.19. The third-order valence-corrected chi connectivity index (χ3v) is 3.76. The number of H-pyrrole nitrogens is 1. The zero-order valence-electron chi connectivity index (χ0n) is 12.6. The number of fused-ring (bicyclic) bond motifs is 1. The van der Waals surface area contributed by atoms with E-state index < -0.39 is 0 Å². The number of rotatable bonds is 3. The van der Waals surface area contributed by atoms with Crippen LogP contribution in [0.3, 0.4) is 0 Å². The van der Waals surface area contributed by atoms with Gasteiger partial charge in [-0.3, -0.25) is 4.79 Å². The maximum absolute atomic E-state index is 12.2. The van der Waals surface area contributed by atoms with Gasteiger partial charge in [-0.15, -0.1) is 0 Å². The topological polar surface area (TPSA) is 65.1 Å². The summed E-state index contributed by atoms with van der Waals surface area (Å²) in [7, 11) is 0. The predicted octanol–water partition coefficient (Wildman–Crippen LogP) is 3.46. The first-order valence-electron chi connectivity index (χ1n) is 7.19. The van der Waals surface area contributed by atoms with Crippen molar-refractivity contribution in [3.8, 4) is 5.75 Å². The molecule has 3 aromatic rings. The number of hydrogen-bond acceptors (Lipinski definition) is 3. The minimum Gasteiger partial charge on any atom is -0.508 e. The van der Waals surface area contributed by atoms with Crippen molar-refractivity contribution in [3.63, 3.8) is 0 Å². The molecule has 0 radical (unpaired) electrons. The van der Waals surface area contributed by atoms with Gasteiger partial charge in [-0.25, -0.2) is 0 Å². The van der Waals surface area contributed by atoms with E-state index >= 15 is 0 Å². The van der Waals surface area contributed by atoms with Gasteiger partial charge >= 0.3 is 0 Å². The quantitative estimate of drug-likeness (QED) is 0.648. The van der Waals surface area contributed by atoms with Gasteiger partial charge in [-0.05, 0) is 60.7 Å². The molecule has 22 heavy (non-hydrogen) atoms. The van der Waals surface area contributed by atoms with Gasteiger partial charge in [-0.1, -0.05) is 12.1 Å². The summed E-state index contributed by atoms with van der Waals surface area (Å²) in [4.78, 5) is 15.1. The Balaban J connectivity index is 1.89. The van der Waals surface area contributed by atoms with Gasteiger partial charge in [0.15, 0.2) is 0 Å². The lowest BCUT2D eigenvalue weighted by Crippen LogP contribution is -2.15. The smallest absolute Gasteiger partial charge is 0.253 e. The van der Waals surface area contributed by atoms with E-state index in [9.17, 15) is 9.90 Å². The number of aromatic nitrogens is 1. The number of benzene rings is 2. The van der Waals surface area contributed by atoms with Crippen molar-refractivity contribution in [2.24, 2.45) is 0 Å². The van der Waals surface area contributed by atoms with E-state index in [1.165, 1.54) is 0 Å². The molecule has 4 nitrogen and oxygen atoms in total. The van der Waals surface area contributed by atoms with Crippen LogP contribution in [0, 0.1) is 13.8 Å². The molecule has 3 rings (SSSR count). The monoisotopic (exact) mass is 294 g/mol.